The highest BCUT2D eigenvalue weighted by Crippen LogP contribution is 2.29. The van der Waals surface area contributed by atoms with E-state index in [4.69, 9.17) is 0 Å². The molecule has 3 aromatic rings. The van der Waals surface area contributed by atoms with E-state index in [-0.39, 0.29) is 6.54 Å². The fourth-order valence-electron chi connectivity index (χ4n) is 2.30. The minimum Gasteiger partial charge on any atom is -0.351 e. The van der Waals surface area contributed by atoms with Crippen LogP contribution in [0.2, 0.25) is 0 Å². The molecule has 0 fully saturated rings. The molecule has 0 saturated carbocycles. The highest BCUT2D eigenvalue weighted by Gasteiger charge is 2.26. The third-order valence-corrected chi connectivity index (χ3v) is 5.51. The fraction of sp³-hybridized carbons (Fsp3) is 0.176. The number of benzene rings is 1. The largest absolute Gasteiger partial charge is 0.351 e. The molecule has 3 rings (SSSR count). The molecular formula is C17H11F5N2OS2. The first-order valence-electron chi connectivity index (χ1n) is 7.56. The number of rotatable bonds is 5. The highest BCUT2D eigenvalue weighted by atomic mass is 32.1. The maximum absolute atomic E-state index is 13.6. The molecule has 3 nitrogen and oxygen atoms in total. The summed E-state index contributed by atoms with van der Waals surface area (Å²) in [6.07, 6.45) is -0.963. The number of thiophene rings is 1. The molecule has 0 aliphatic heterocycles. The third kappa shape index (κ3) is 4.01. The molecule has 0 saturated heterocycles. The molecule has 2 heterocycles. The Morgan fingerprint density at radius 2 is 1.67 bits per heavy atom. The minimum atomic E-state index is -2.25. The summed E-state index contributed by atoms with van der Waals surface area (Å²) < 4.78 is 66.6. The molecule has 0 atom stereocenters. The van der Waals surface area contributed by atoms with Crippen molar-refractivity contribution in [2.24, 2.45) is 0 Å². The third-order valence-electron chi connectivity index (χ3n) is 3.63. The van der Waals surface area contributed by atoms with Crippen LogP contribution in [0.3, 0.4) is 0 Å². The van der Waals surface area contributed by atoms with E-state index in [0.29, 0.717) is 0 Å². The van der Waals surface area contributed by atoms with E-state index in [1.165, 1.54) is 22.7 Å². The number of hydrogen-bond acceptors (Lipinski definition) is 4. The van der Waals surface area contributed by atoms with Crippen LogP contribution in [0.15, 0.2) is 17.5 Å². The zero-order valence-electron chi connectivity index (χ0n) is 13.7. The smallest absolute Gasteiger partial charge is 0.224 e. The first-order chi connectivity index (χ1) is 12.8. The second kappa shape index (κ2) is 7.73. The zero-order valence-corrected chi connectivity index (χ0v) is 15.3. The Labute approximate surface area is 158 Å². The maximum Gasteiger partial charge on any atom is 0.224 e. The van der Waals surface area contributed by atoms with Gasteiger partial charge in [-0.15, -0.1) is 22.7 Å². The van der Waals surface area contributed by atoms with E-state index >= 15 is 0 Å². The molecule has 0 aliphatic rings. The lowest BCUT2D eigenvalue weighted by Gasteiger charge is -2.08. The lowest BCUT2D eigenvalue weighted by Crippen LogP contribution is -2.25. The van der Waals surface area contributed by atoms with E-state index in [9.17, 15) is 26.7 Å². The Balaban J connectivity index is 1.67. The second-order valence-corrected chi connectivity index (χ2v) is 7.75. The van der Waals surface area contributed by atoms with Gasteiger partial charge in [0.25, 0.3) is 0 Å². The summed E-state index contributed by atoms with van der Waals surface area (Å²) in [6.45, 7) is 1.93. The van der Waals surface area contributed by atoms with Crippen LogP contribution in [0.25, 0.3) is 10.6 Å². The number of nitrogens with zero attached hydrogens (tertiary/aromatic N) is 1. The maximum atomic E-state index is 13.6. The topological polar surface area (TPSA) is 42.0 Å². The lowest BCUT2D eigenvalue weighted by atomic mass is 10.1. The van der Waals surface area contributed by atoms with Gasteiger partial charge in [-0.1, -0.05) is 0 Å². The van der Waals surface area contributed by atoms with Crippen LogP contribution in [0.4, 0.5) is 22.0 Å². The van der Waals surface area contributed by atoms with Crippen molar-refractivity contribution >= 4 is 28.6 Å². The molecule has 0 unspecified atom stereocenters. The summed E-state index contributed by atoms with van der Waals surface area (Å²) in [5.41, 5.74) is -0.352. The van der Waals surface area contributed by atoms with Gasteiger partial charge in [0.05, 0.1) is 28.5 Å². The number of nitrogens with one attached hydrogen (secondary N) is 1. The molecule has 1 N–H and O–H groups in total. The van der Waals surface area contributed by atoms with Gasteiger partial charge < -0.3 is 5.32 Å². The first-order valence-corrected chi connectivity index (χ1v) is 9.25. The number of aryl methyl sites for hydroxylation is 1. The Morgan fingerprint density at radius 3 is 2.26 bits per heavy atom. The summed E-state index contributed by atoms with van der Waals surface area (Å²) in [4.78, 5) is 17.9. The Hall–Kier alpha value is -2.33. The summed E-state index contributed by atoms with van der Waals surface area (Å²) in [7, 11) is 0. The van der Waals surface area contributed by atoms with Gasteiger partial charge in [0, 0.05) is 15.8 Å². The number of amides is 1. The van der Waals surface area contributed by atoms with Crippen LogP contribution >= 0.6 is 22.7 Å². The molecular weight excluding hydrogens is 407 g/mol. The molecule has 0 bridgehead atoms. The average molecular weight is 418 g/mol. The summed E-state index contributed by atoms with van der Waals surface area (Å²) in [6, 6.07) is 3.58. The lowest BCUT2D eigenvalue weighted by molar-refractivity contribution is -0.120. The molecule has 0 radical (unpaired) electrons. The molecule has 27 heavy (non-hydrogen) atoms. The molecule has 1 amide bonds. The molecule has 0 spiro atoms. The number of carbonyl (C=O) groups is 1. The Morgan fingerprint density at radius 1 is 1.04 bits per heavy atom. The van der Waals surface area contributed by atoms with E-state index in [1.807, 2.05) is 18.4 Å². The van der Waals surface area contributed by atoms with Crippen LogP contribution in [-0.2, 0) is 17.8 Å². The SMILES string of the molecule is Cc1nc(-c2ccc(CNC(=O)Cc3c(F)c(F)c(F)c(F)c3F)s2)cs1. The Kier molecular flexibility index (Phi) is 5.56. The molecule has 10 heteroatoms. The normalized spacial score (nSPS) is 11.0. The van der Waals surface area contributed by atoms with Crippen LogP contribution in [0, 0.1) is 36.0 Å². The van der Waals surface area contributed by atoms with Gasteiger partial charge in [0.2, 0.25) is 11.7 Å². The molecule has 1 aromatic carbocycles. The van der Waals surface area contributed by atoms with E-state index < -0.39 is 47.0 Å². The summed E-state index contributed by atoms with van der Waals surface area (Å²) in [5.74, 6) is -11.3. The van der Waals surface area contributed by atoms with Crippen molar-refractivity contribution in [3.05, 3.63) is 62.0 Å². The highest BCUT2D eigenvalue weighted by molar-refractivity contribution is 7.16. The molecule has 2 aromatic heterocycles. The van der Waals surface area contributed by atoms with Gasteiger partial charge in [-0.2, -0.15) is 0 Å². The van der Waals surface area contributed by atoms with E-state index in [2.05, 4.69) is 10.3 Å². The van der Waals surface area contributed by atoms with Crippen molar-refractivity contribution in [1.82, 2.24) is 10.3 Å². The molecule has 142 valence electrons. The van der Waals surface area contributed by atoms with Gasteiger partial charge in [-0.25, -0.2) is 26.9 Å². The van der Waals surface area contributed by atoms with Crippen molar-refractivity contribution < 1.29 is 26.7 Å². The van der Waals surface area contributed by atoms with Crippen molar-refractivity contribution in [3.63, 3.8) is 0 Å². The van der Waals surface area contributed by atoms with E-state index in [1.54, 1.807) is 6.07 Å². The van der Waals surface area contributed by atoms with Crippen LogP contribution in [0.5, 0.6) is 0 Å². The van der Waals surface area contributed by atoms with Gasteiger partial charge in [0.15, 0.2) is 23.3 Å². The van der Waals surface area contributed by atoms with Crippen molar-refractivity contribution in [1.29, 1.82) is 0 Å². The van der Waals surface area contributed by atoms with Crippen molar-refractivity contribution in [3.8, 4) is 10.6 Å². The predicted octanol–water partition coefficient (Wildman–Crippen LogP) is 4.73. The van der Waals surface area contributed by atoms with Gasteiger partial charge >= 0.3 is 0 Å². The number of halogens is 5. The second-order valence-electron chi connectivity index (χ2n) is 5.52. The number of carbonyl (C=O) groups excluding carboxylic acids is 1. The zero-order chi connectivity index (χ0) is 19.7. The standard InChI is InChI=1S/C17H11F5N2OS2/c1-7-24-10(6-26-7)11-3-2-8(27-11)5-23-12(25)4-9-13(18)15(20)17(22)16(21)14(9)19/h2-3,6H,4-5H2,1H3,(H,23,25). The quantitative estimate of drug-likeness (QED) is 0.370. The van der Waals surface area contributed by atoms with Crippen LogP contribution in [0.1, 0.15) is 15.4 Å². The monoisotopic (exact) mass is 418 g/mol. The van der Waals surface area contributed by atoms with Crippen LogP contribution < -0.4 is 5.32 Å². The van der Waals surface area contributed by atoms with E-state index in [0.717, 1.165) is 20.5 Å². The number of hydrogen-bond donors (Lipinski definition) is 1. The molecule has 0 aliphatic carbocycles. The number of thiazole rings is 1. The van der Waals surface area contributed by atoms with Gasteiger partial charge in [-0.05, 0) is 19.1 Å². The average Bonchev–Trinajstić information content (AvgIpc) is 3.29. The Bertz CT molecular complexity index is 986. The van der Waals surface area contributed by atoms with Crippen molar-refractivity contribution in [2.45, 2.75) is 19.9 Å². The minimum absolute atomic E-state index is 0.0576. The number of aromatic nitrogens is 1. The predicted molar refractivity (Wildman–Crippen MR) is 91.9 cm³/mol. The summed E-state index contributed by atoms with van der Waals surface area (Å²) in [5, 5.41) is 5.22. The van der Waals surface area contributed by atoms with Gasteiger partial charge in [0.1, 0.15) is 0 Å². The van der Waals surface area contributed by atoms with Crippen molar-refractivity contribution in [2.75, 3.05) is 0 Å². The van der Waals surface area contributed by atoms with Gasteiger partial charge in [-0.3, -0.25) is 4.79 Å². The van der Waals surface area contributed by atoms with Crippen LogP contribution in [-0.4, -0.2) is 10.9 Å². The summed E-state index contributed by atoms with van der Waals surface area (Å²) >= 11 is 2.87. The fourth-order valence-corrected chi connectivity index (χ4v) is 3.90. The first kappa shape index (κ1) is 19.4.